The minimum Gasteiger partial charge on any atom is -0.465 e. The molecule has 0 atom stereocenters. The molecule has 1 aromatic heterocycles. The number of carbonyl (C=O) groups is 1. The summed E-state index contributed by atoms with van der Waals surface area (Å²) in [6.07, 6.45) is 0. The van der Waals surface area contributed by atoms with Crippen molar-refractivity contribution in [3.63, 3.8) is 0 Å². The van der Waals surface area contributed by atoms with Gasteiger partial charge in [-0.1, -0.05) is 84.1 Å². The molecule has 0 unspecified atom stereocenters. The Bertz CT molecular complexity index is 1940. The first-order valence-electron chi connectivity index (χ1n) is 13.9. The second-order valence-corrected chi connectivity index (χ2v) is 11.6. The van der Waals surface area contributed by atoms with Crippen LogP contribution in [0.15, 0.2) is 125 Å². The molecule has 0 saturated heterocycles. The molecule has 0 aliphatic carbocycles. The van der Waals surface area contributed by atoms with E-state index in [1.54, 1.807) is 23.9 Å². The number of carbonyl (C=O) groups excluding carboxylic acids is 1. The van der Waals surface area contributed by atoms with Gasteiger partial charge in [-0.2, -0.15) is 0 Å². The van der Waals surface area contributed by atoms with Gasteiger partial charge in [0.2, 0.25) is 0 Å². The van der Waals surface area contributed by atoms with Gasteiger partial charge in [0.25, 0.3) is 0 Å². The van der Waals surface area contributed by atoms with Gasteiger partial charge in [-0.15, -0.1) is 0 Å². The maximum atomic E-state index is 12.1. The number of rotatable bonds is 4. The molecule has 204 valence electrons. The number of para-hydroxylation sites is 2. The zero-order valence-corrected chi connectivity index (χ0v) is 24.4. The molecule has 0 amide bonds. The predicted molar refractivity (Wildman–Crippen MR) is 172 cm³/mol. The van der Waals surface area contributed by atoms with Gasteiger partial charge in [0.1, 0.15) is 0 Å². The van der Waals surface area contributed by atoms with Gasteiger partial charge in [-0.3, -0.25) is 0 Å². The quantitative estimate of drug-likeness (QED) is 0.199. The Morgan fingerprint density at radius 1 is 0.714 bits per heavy atom. The normalized spacial score (nSPS) is 12.1. The van der Waals surface area contributed by atoms with E-state index in [4.69, 9.17) is 9.72 Å². The van der Waals surface area contributed by atoms with Crippen molar-refractivity contribution in [1.82, 2.24) is 4.98 Å². The summed E-state index contributed by atoms with van der Waals surface area (Å²) in [5.74, 6) is -0.355. The Morgan fingerprint density at radius 3 is 1.98 bits per heavy atom. The van der Waals surface area contributed by atoms with E-state index in [1.807, 2.05) is 12.1 Å². The minimum absolute atomic E-state index is 0.355. The Labute approximate surface area is 249 Å². The summed E-state index contributed by atoms with van der Waals surface area (Å²) in [7, 11) is 1.40. The van der Waals surface area contributed by atoms with Crippen LogP contribution in [0.5, 0.6) is 0 Å². The number of fused-ring (bicyclic) bond motifs is 3. The molecule has 0 spiro atoms. The Kier molecular flexibility index (Phi) is 6.52. The third-order valence-corrected chi connectivity index (χ3v) is 8.92. The summed E-state index contributed by atoms with van der Waals surface area (Å²) in [5, 5.41) is 1.12. The molecular weight excluding hydrogens is 536 g/mol. The lowest BCUT2D eigenvalue weighted by molar-refractivity contribution is 0.0600. The van der Waals surface area contributed by atoms with Gasteiger partial charge in [0.05, 0.1) is 40.9 Å². The second-order valence-electron chi connectivity index (χ2n) is 10.5. The molecule has 0 N–H and O–H groups in total. The number of ether oxygens (including phenoxy) is 1. The molecule has 1 aliphatic heterocycles. The van der Waals surface area contributed by atoms with E-state index in [1.165, 1.54) is 22.5 Å². The van der Waals surface area contributed by atoms with Crippen LogP contribution in [0.25, 0.3) is 33.3 Å². The molecule has 42 heavy (non-hydrogen) atoms. The van der Waals surface area contributed by atoms with Crippen molar-refractivity contribution in [2.45, 2.75) is 23.6 Å². The fourth-order valence-corrected chi connectivity index (χ4v) is 6.70. The molecule has 6 aromatic rings. The van der Waals surface area contributed by atoms with Crippen molar-refractivity contribution in [1.29, 1.82) is 0 Å². The summed E-state index contributed by atoms with van der Waals surface area (Å²) < 4.78 is 4.92. The van der Waals surface area contributed by atoms with Crippen LogP contribution in [-0.4, -0.2) is 18.1 Å². The van der Waals surface area contributed by atoms with Crippen molar-refractivity contribution < 1.29 is 9.53 Å². The van der Waals surface area contributed by atoms with Gasteiger partial charge < -0.3 is 9.64 Å². The van der Waals surface area contributed by atoms with Crippen LogP contribution >= 0.6 is 11.8 Å². The highest BCUT2D eigenvalue weighted by Crippen LogP contribution is 2.53. The van der Waals surface area contributed by atoms with Crippen molar-refractivity contribution in [3.8, 4) is 22.4 Å². The fraction of sp³-hybridized carbons (Fsp3) is 0.0811. The van der Waals surface area contributed by atoms with Gasteiger partial charge in [0, 0.05) is 20.7 Å². The number of benzene rings is 5. The summed E-state index contributed by atoms with van der Waals surface area (Å²) in [5.41, 5.74) is 11.1. The Hall–Kier alpha value is -4.87. The van der Waals surface area contributed by atoms with Gasteiger partial charge >= 0.3 is 5.97 Å². The highest BCUT2D eigenvalue weighted by molar-refractivity contribution is 7.99. The topological polar surface area (TPSA) is 42.4 Å². The second kappa shape index (κ2) is 10.5. The number of aromatic nitrogens is 1. The molecule has 0 saturated carbocycles. The molecule has 0 bridgehead atoms. The smallest absolute Gasteiger partial charge is 0.337 e. The van der Waals surface area contributed by atoms with Crippen molar-refractivity contribution >= 4 is 45.7 Å². The highest BCUT2D eigenvalue weighted by Gasteiger charge is 2.27. The molecule has 0 radical (unpaired) electrons. The average molecular weight is 565 g/mol. The summed E-state index contributed by atoms with van der Waals surface area (Å²) in [6.45, 7) is 4.26. The third-order valence-electron chi connectivity index (χ3n) is 7.79. The first kappa shape index (κ1) is 26.1. The van der Waals surface area contributed by atoms with Crippen LogP contribution in [0.4, 0.5) is 17.1 Å². The lowest BCUT2D eigenvalue weighted by Crippen LogP contribution is -2.15. The first-order chi connectivity index (χ1) is 20.5. The van der Waals surface area contributed by atoms with Gasteiger partial charge in [-0.05, 0) is 79.1 Å². The predicted octanol–water partition coefficient (Wildman–Crippen LogP) is 9.91. The largest absolute Gasteiger partial charge is 0.465 e. The van der Waals surface area contributed by atoms with E-state index in [9.17, 15) is 4.79 Å². The van der Waals surface area contributed by atoms with Gasteiger partial charge in [-0.25, -0.2) is 9.78 Å². The fourth-order valence-electron chi connectivity index (χ4n) is 5.64. The monoisotopic (exact) mass is 564 g/mol. The maximum Gasteiger partial charge on any atom is 0.337 e. The van der Waals surface area contributed by atoms with Crippen molar-refractivity contribution in [3.05, 3.63) is 132 Å². The van der Waals surface area contributed by atoms with Crippen LogP contribution in [0, 0.1) is 13.8 Å². The maximum absolute atomic E-state index is 12.1. The molecule has 7 rings (SSSR count). The molecule has 5 heteroatoms. The van der Waals surface area contributed by atoms with Gasteiger partial charge in [0.15, 0.2) is 0 Å². The molecule has 4 nitrogen and oxygen atoms in total. The zero-order valence-electron chi connectivity index (χ0n) is 23.6. The average Bonchev–Trinajstić information content (AvgIpc) is 3.03. The van der Waals surface area contributed by atoms with E-state index < -0.39 is 0 Å². The lowest BCUT2D eigenvalue weighted by Gasteiger charge is -2.33. The van der Waals surface area contributed by atoms with E-state index in [-0.39, 0.29) is 5.97 Å². The molecular formula is C37H28N2O2S. The van der Waals surface area contributed by atoms with E-state index in [0.29, 0.717) is 5.56 Å². The zero-order chi connectivity index (χ0) is 28.8. The number of hydrogen-bond donors (Lipinski definition) is 0. The summed E-state index contributed by atoms with van der Waals surface area (Å²) in [6, 6.07) is 39.8. The Balaban J connectivity index is 1.53. The number of esters is 1. The van der Waals surface area contributed by atoms with Crippen LogP contribution < -0.4 is 4.90 Å². The van der Waals surface area contributed by atoms with Crippen molar-refractivity contribution in [2.24, 2.45) is 0 Å². The SMILES string of the molecule is COC(=O)c1ccc(-c2cc(-c3ccc(C)cc3)c3c(C)ccc(N4c5ccccc5Sc5ccccc54)c3n2)cc1. The number of nitrogens with zero attached hydrogens (tertiary/aromatic N) is 2. The number of aryl methyl sites for hydroxylation is 2. The van der Waals surface area contributed by atoms with Crippen molar-refractivity contribution in [2.75, 3.05) is 12.0 Å². The number of hydrogen-bond acceptors (Lipinski definition) is 5. The van der Waals surface area contributed by atoms with E-state index in [2.05, 4.69) is 110 Å². The molecule has 1 aliphatic rings. The summed E-state index contributed by atoms with van der Waals surface area (Å²) in [4.78, 5) is 22.2. The first-order valence-corrected chi connectivity index (χ1v) is 14.7. The lowest BCUT2D eigenvalue weighted by atomic mass is 9.94. The van der Waals surface area contributed by atoms with E-state index >= 15 is 0 Å². The molecule has 2 heterocycles. The van der Waals surface area contributed by atoms with Crippen LogP contribution in [0.2, 0.25) is 0 Å². The number of pyridine rings is 1. The van der Waals surface area contributed by atoms with Crippen LogP contribution in [-0.2, 0) is 4.74 Å². The molecule has 0 fully saturated rings. The van der Waals surface area contributed by atoms with E-state index in [0.717, 1.165) is 55.9 Å². The third kappa shape index (κ3) is 4.43. The number of methoxy groups -OCH3 is 1. The Morgan fingerprint density at radius 2 is 1.33 bits per heavy atom. The standard InChI is InChI=1S/C37H28N2O2S/c1-23-12-15-25(16-13-23)28-22-29(26-17-19-27(20-18-26)37(40)41-3)38-36-32(21-14-24(2)35(28)36)39-30-8-4-6-10-33(30)42-34-11-7-5-9-31(34)39/h4-22H,1-3H3. The minimum atomic E-state index is -0.355. The summed E-state index contributed by atoms with van der Waals surface area (Å²) >= 11 is 1.80. The molecule has 5 aromatic carbocycles. The number of anilines is 3. The highest BCUT2D eigenvalue weighted by atomic mass is 32.2. The van der Waals surface area contributed by atoms with Crippen LogP contribution in [0.1, 0.15) is 21.5 Å². The van der Waals surface area contributed by atoms with Crippen LogP contribution in [0.3, 0.4) is 0 Å².